The Bertz CT molecular complexity index is 1390. The molecule has 2 aromatic heterocycles. The molecule has 0 unspecified atom stereocenters. The fraction of sp³-hybridized carbons (Fsp3) is 0.154. The number of nitrogens with zero attached hydrogens (tertiary/aromatic N) is 2. The van der Waals surface area contributed by atoms with Gasteiger partial charge in [-0.1, -0.05) is 30.3 Å². The molecule has 2 amide bonds. The number of amides is 2. The number of esters is 1. The van der Waals surface area contributed by atoms with Crippen LogP contribution in [0.1, 0.15) is 34.3 Å². The number of ether oxygens (including phenoxy) is 1. The van der Waals surface area contributed by atoms with Gasteiger partial charge in [-0.25, -0.2) is 5.01 Å². The second-order valence-corrected chi connectivity index (χ2v) is 7.90. The van der Waals surface area contributed by atoms with Gasteiger partial charge in [-0.15, -0.1) is 0 Å². The molecule has 0 saturated heterocycles. The van der Waals surface area contributed by atoms with Crippen molar-refractivity contribution in [3.8, 4) is 0 Å². The molecule has 1 N–H and O–H groups in total. The summed E-state index contributed by atoms with van der Waals surface area (Å²) >= 11 is 0. The molecule has 1 atom stereocenters. The van der Waals surface area contributed by atoms with Crippen LogP contribution in [0.5, 0.6) is 0 Å². The summed E-state index contributed by atoms with van der Waals surface area (Å²) in [7, 11) is 0. The summed E-state index contributed by atoms with van der Waals surface area (Å²) in [5.74, 6) is -0.578. The molecule has 5 rings (SSSR count). The van der Waals surface area contributed by atoms with Crippen LogP contribution >= 0.6 is 0 Å². The van der Waals surface area contributed by atoms with Crippen LogP contribution in [0.2, 0.25) is 0 Å². The molecule has 1 aliphatic rings. The number of furan rings is 2. The average molecular weight is 471 g/mol. The van der Waals surface area contributed by atoms with Crippen molar-refractivity contribution in [1.29, 1.82) is 0 Å². The van der Waals surface area contributed by atoms with Crippen LogP contribution in [-0.4, -0.2) is 41.7 Å². The summed E-state index contributed by atoms with van der Waals surface area (Å²) in [6, 6.07) is 19.4. The van der Waals surface area contributed by atoms with Crippen molar-refractivity contribution in [3.63, 3.8) is 0 Å². The standard InChI is InChI=1S/C26H21N3O6/c30-24(29-21(23-8-4-12-34-23)14-20(28-29)22-7-3-11-33-22)16-35-25(31)15-27-26(32)19-10-9-17-5-1-2-6-18(17)13-19/h1-13,21H,14-16H2,(H,27,32)/t21-/m0/s1. The summed E-state index contributed by atoms with van der Waals surface area (Å²) in [5.41, 5.74) is 1.00. The summed E-state index contributed by atoms with van der Waals surface area (Å²) in [6.07, 6.45) is 3.43. The molecule has 9 heteroatoms. The maximum atomic E-state index is 12.8. The van der Waals surface area contributed by atoms with Crippen LogP contribution in [0, 0.1) is 0 Å². The minimum absolute atomic E-state index is 0.374. The van der Waals surface area contributed by atoms with Gasteiger partial charge >= 0.3 is 5.97 Å². The summed E-state index contributed by atoms with van der Waals surface area (Å²) in [5, 5.41) is 10.0. The van der Waals surface area contributed by atoms with E-state index in [1.54, 1.807) is 36.4 Å². The number of hydrogen-bond acceptors (Lipinski definition) is 7. The van der Waals surface area contributed by atoms with Gasteiger partial charge in [0.05, 0.1) is 12.5 Å². The highest BCUT2D eigenvalue weighted by molar-refractivity contribution is 6.01. The molecule has 1 aliphatic heterocycles. The molecule has 0 spiro atoms. The van der Waals surface area contributed by atoms with E-state index in [1.807, 2.05) is 30.3 Å². The van der Waals surface area contributed by atoms with E-state index in [0.717, 1.165) is 10.8 Å². The van der Waals surface area contributed by atoms with Crippen molar-refractivity contribution in [1.82, 2.24) is 10.3 Å². The van der Waals surface area contributed by atoms with Gasteiger partial charge in [0.15, 0.2) is 6.61 Å². The highest BCUT2D eigenvalue weighted by Gasteiger charge is 2.36. The SMILES string of the molecule is O=C(CNC(=O)c1ccc2ccccc2c1)OCC(=O)N1N=C(c2ccco2)C[C@H]1c1ccco1. The predicted octanol–water partition coefficient (Wildman–Crippen LogP) is 3.68. The second-order valence-electron chi connectivity index (χ2n) is 7.90. The maximum Gasteiger partial charge on any atom is 0.325 e. The molecule has 0 saturated carbocycles. The molecular formula is C26H21N3O6. The van der Waals surface area contributed by atoms with Gasteiger partial charge in [0.2, 0.25) is 0 Å². The third kappa shape index (κ3) is 4.84. The normalized spacial score (nSPS) is 15.1. The number of carbonyl (C=O) groups is 3. The third-order valence-electron chi connectivity index (χ3n) is 5.60. The Labute approximate surface area is 200 Å². The zero-order chi connectivity index (χ0) is 24.2. The predicted molar refractivity (Wildman–Crippen MR) is 125 cm³/mol. The third-order valence-corrected chi connectivity index (χ3v) is 5.60. The van der Waals surface area contributed by atoms with E-state index in [1.165, 1.54) is 17.5 Å². The van der Waals surface area contributed by atoms with Crippen LogP contribution in [-0.2, 0) is 14.3 Å². The highest BCUT2D eigenvalue weighted by atomic mass is 16.5. The van der Waals surface area contributed by atoms with Gasteiger partial charge < -0.3 is 18.9 Å². The van der Waals surface area contributed by atoms with Crippen LogP contribution in [0.15, 0.2) is 93.2 Å². The van der Waals surface area contributed by atoms with Crippen molar-refractivity contribution in [2.24, 2.45) is 5.10 Å². The largest absolute Gasteiger partial charge is 0.467 e. The highest BCUT2D eigenvalue weighted by Crippen LogP contribution is 2.33. The molecule has 0 bridgehead atoms. The number of hydrazone groups is 1. The number of benzene rings is 2. The molecule has 35 heavy (non-hydrogen) atoms. The van der Waals surface area contributed by atoms with E-state index in [4.69, 9.17) is 13.6 Å². The Morgan fingerprint density at radius 1 is 0.971 bits per heavy atom. The molecule has 2 aromatic carbocycles. The van der Waals surface area contributed by atoms with Crippen LogP contribution in [0.3, 0.4) is 0 Å². The first-order chi connectivity index (χ1) is 17.1. The lowest BCUT2D eigenvalue weighted by molar-refractivity contribution is -0.152. The van der Waals surface area contributed by atoms with Gasteiger partial charge in [-0.3, -0.25) is 14.4 Å². The van der Waals surface area contributed by atoms with Crippen molar-refractivity contribution in [3.05, 3.63) is 96.3 Å². The van der Waals surface area contributed by atoms with Gasteiger partial charge in [0.25, 0.3) is 11.8 Å². The number of carbonyl (C=O) groups excluding carboxylic acids is 3. The van der Waals surface area contributed by atoms with Crippen LogP contribution in [0.25, 0.3) is 10.8 Å². The summed E-state index contributed by atoms with van der Waals surface area (Å²) in [6.45, 7) is -0.904. The molecule has 0 radical (unpaired) electrons. The molecule has 9 nitrogen and oxygen atoms in total. The quantitative estimate of drug-likeness (QED) is 0.411. The fourth-order valence-electron chi connectivity index (χ4n) is 3.88. The number of rotatable bonds is 7. The topological polar surface area (TPSA) is 114 Å². The fourth-order valence-corrected chi connectivity index (χ4v) is 3.88. The first-order valence-corrected chi connectivity index (χ1v) is 11.0. The van der Waals surface area contributed by atoms with Crippen molar-refractivity contribution < 1.29 is 28.0 Å². The van der Waals surface area contributed by atoms with E-state index in [9.17, 15) is 14.4 Å². The molecular weight excluding hydrogens is 450 g/mol. The Hall–Kier alpha value is -4.66. The van der Waals surface area contributed by atoms with E-state index in [-0.39, 0.29) is 6.54 Å². The maximum absolute atomic E-state index is 12.8. The van der Waals surface area contributed by atoms with Gasteiger partial charge in [-0.2, -0.15) is 5.10 Å². The number of nitrogens with one attached hydrogen (secondary N) is 1. The van der Waals surface area contributed by atoms with Gasteiger partial charge in [0.1, 0.15) is 29.8 Å². The van der Waals surface area contributed by atoms with Gasteiger partial charge in [-0.05, 0) is 47.2 Å². The lowest BCUT2D eigenvalue weighted by Crippen LogP contribution is -2.34. The van der Waals surface area contributed by atoms with E-state index < -0.39 is 30.4 Å². The Morgan fingerprint density at radius 3 is 2.54 bits per heavy atom. The molecule has 176 valence electrons. The Morgan fingerprint density at radius 2 is 1.77 bits per heavy atom. The smallest absolute Gasteiger partial charge is 0.325 e. The lowest BCUT2D eigenvalue weighted by Gasteiger charge is -2.19. The number of fused-ring (bicyclic) bond motifs is 1. The zero-order valence-electron chi connectivity index (χ0n) is 18.5. The molecule has 4 aromatic rings. The first-order valence-electron chi connectivity index (χ1n) is 11.0. The average Bonchev–Trinajstić information content (AvgIpc) is 3.66. The second kappa shape index (κ2) is 9.68. The Balaban J connectivity index is 1.17. The minimum atomic E-state index is -0.739. The van der Waals surface area contributed by atoms with E-state index in [0.29, 0.717) is 29.2 Å². The van der Waals surface area contributed by atoms with E-state index >= 15 is 0 Å². The van der Waals surface area contributed by atoms with Crippen molar-refractivity contribution in [2.75, 3.05) is 13.2 Å². The molecule has 0 fully saturated rings. The van der Waals surface area contributed by atoms with Gasteiger partial charge in [0, 0.05) is 12.0 Å². The van der Waals surface area contributed by atoms with Crippen LogP contribution < -0.4 is 5.32 Å². The first kappa shape index (κ1) is 22.1. The lowest BCUT2D eigenvalue weighted by atomic mass is 10.1. The molecule has 0 aliphatic carbocycles. The van der Waals surface area contributed by atoms with Crippen molar-refractivity contribution >= 4 is 34.3 Å². The van der Waals surface area contributed by atoms with Crippen LogP contribution in [0.4, 0.5) is 0 Å². The minimum Gasteiger partial charge on any atom is -0.467 e. The monoisotopic (exact) mass is 471 g/mol. The van der Waals surface area contributed by atoms with E-state index in [2.05, 4.69) is 10.4 Å². The summed E-state index contributed by atoms with van der Waals surface area (Å²) in [4.78, 5) is 37.5. The van der Waals surface area contributed by atoms with Crippen molar-refractivity contribution in [2.45, 2.75) is 12.5 Å². The molecule has 3 heterocycles. The zero-order valence-corrected chi connectivity index (χ0v) is 18.5. The summed E-state index contributed by atoms with van der Waals surface area (Å²) < 4.78 is 16.0. The Kier molecular flexibility index (Phi) is 6.13. The number of hydrogen-bond donors (Lipinski definition) is 1.